The van der Waals surface area contributed by atoms with Gasteiger partial charge in [0, 0.05) is 6.04 Å². The fourth-order valence-electron chi connectivity index (χ4n) is 2.29. The third kappa shape index (κ3) is 4.61. The second-order valence-electron chi connectivity index (χ2n) is 5.35. The number of hydrogen-bond donors (Lipinski definition) is 1. The standard InChI is InChI=1S/C19H25NO/c1-4-12-20-15(3)17-9-7-11-19(14-17)21-18-10-6-8-16(5-2)13-18/h6-11,13-15,20H,4-5,12H2,1-3H3. The monoisotopic (exact) mass is 283 g/mol. The van der Waals surface area contributed by atoms with Crippen LogP contribution in [0.15, 0.2) is 48.5 Å². The van der Waals surface area contributed by atoms with Crippen molar-refractivity contribution in [2.75, 3.05) is 6.54 Å². The van der Waals surface area contributed by atoms with Crippen LogP contribution in [0.25, 0.3) is 0 Å². The van der Waals surface area contributed by atoms with Crippen molar-refractivity contribution in [3.8, 4) is 11.5 Å². The van der Waals surface area contributed by atoms with E-state index in [2.05, 4.69) is 56.4 Å². The molecule has 2 nitrogen and oxygen atoms in total. The van der Waals surface area contributed by atoms with Gasteiger partial charge in [0.25, 0.3) is 0 Å². The number of ether oxygens (including phenoxy) is 1. The lowest BCUT2D eigenvalue weighted by Gasteiger charge is -2.15. The minimum Gasteiger partial charge on any atom is -0.457 e. The van der Waals surface area contributed by atoms with Gasteiger partial charge in [0.1, 0.15) is 11.5 Å². The Labute approximate surface area is 128 Å². The zero-order chi connectivity index (χ0) is 15.1. The van der Waals surface area contributed by atoms with Gasteiger partial charge in [0.05, 0.1) is 0 Å². The molecule has 0 aliphatic carbocycles. The molecule has 1 N–H and O–H groups in total. The molecule has 0 bridgehead atoms. The molecule has 0 spiro atoms. The van der Waals surface area contributed by atoms with Crippen LogP contribution in [-0.2, 0) is 6.42 Å². The van der Waals surface area contributed by atoms with E-state index in [0.29, 0.717) is 6.04 Å². The van der Waals surface area contributed by atoms with Crippen LogP contribution in [0.3, 0.4) is 0 Å². The largest absolute Gasteiger partial charge is 0.457 e. The van der Waals surface area contributed by atoms with Crippen LogP contribution in [0.4, 0.5) is 0 Å². The van der Waals surface area contributed by atoms with Gasteiger partial charge in [-0.15, -0.1) is 0 Å². The molecule has 0 radical (unpaired) electrons. The van der Waals surface area contributed by atoms with Crippen molar-refractivity contribution in [1.29, 1.82) is 0 Å². The summed E-state index contributed by atoms with van der Waals surface area (Å²) >= 11 is 0. The highest BCUT2D eigenvalue weighted by atomic mass is 16.5. The van der Waals surface area contributed by atoms with Crippen molar-refractivity contribution in [2.45, 2.75) is 39.7 Å². The lowest BCUT2D eigenvalue weighted by atomic mass is 10.1. The van der Waals surface area contributed by atoms with Gasteiger partial charge in [0.2, 0.25) is 0 Å². The SMILES string of the molecule is CCCNC(C)c1cccc(Oc2cccc(CC)c2)c1. The topological polar surface area (TPSA) is 21.3 Å². The first kappa shape index (κ1) is 15.6. The summed E-state index contributed by atoms with van der Waals surface area (Å²) in [4.78, 5) is 0. The molecule has 0 saturated heterocycles. The van der Waals surface area contributed by atoms with E-state index in [9.17, 15) is 0 Å². The molecule has 0 amide bonds. The van der Waals surface area contributed by atoms with Crippen molar-refractivity contribution in [2.24, 2.45) is 0 Å². The molecule has 0 fully saturated rings. The Bertz CT molecular complexity index is 565. The lowest BCUT2D eigenvalue weighted by molar-refractivity contribution is 0.479. The summed E-state index contributed by atoms with van der Waals surface area (Å²) in [6, 6.07) is 16.9. The molecule has 1 unspecified atom stereocenters. The molecule has 0 aliphatic rings. The molecule has 2 aromatic carbocycles. The number of benzene rings is 2. The van der Waals surface area contributed by atoms with Crippen LogP contribution in [0.2, 0.25) is 0 Å². The molecule has 2 aromatic rings. The van der Waals surface area contributed by atoms with Crippen LogP contribution >= 0.6 is 0 Å². The van der Waals surface area contributed by atoms with Gasteiger partial charge in [-0.1, -0.05) is 38.1 Å². The molecule has 2 heteroatoms. The van der Waals surface area contributed by atoms with Gasteiger partial charge in [-0.25, -0.2) is 0 Å². The minimum atomic E-state index is 0.343. The Hall–Kier alpha value is -1.80. The quantitative estimate of drug-likeness (QED) is 0.763. The zero-order valence-corrected chi connectivity index (χ0v) is 13.2. The van der Waals surface area contributed by atoms with Gasteiger partial charge in [0.15, 0.2) is 0 Å². The average Bonchev–Trinajstić information content (AvgIpc) is 2.53. The molecule has 112 valence electrons. The lowest BCUT2D eigenvalue weighted by Crippen LogP contribution is -2.19. The summed E-state index contributed by atoms with van der Waals surface area (Å²) < 4.78 is 5.99. The number of hydrogen-bond acceptors (Lipinski definition) is 2. The fourth-order valence-corrected chi connectivity index (χ4v) is 2.29. The maximum atomic E-state index is 5.99. The summed E-state index contributed by atoms with van der Waals surface area (Å²) in [7, 11) is 0. The highest BCUT2D eigenvalue weighted by Gasteiger charge is 2.06. The van der Waals surface area contributed by atoms with Gasteiger partial charge < -0.3 is 10.1 Å². The van der Waals surface area contributed by atoms with E-state index >= 15 is 0 Å². The van der Waals surface area contributed by atoms with E-state index in [-0.39, 0.29) is 0 Å². The zero-order valence-electron chi connectivity index (χ0n) is 13.2. The molecule has 1 atom stereocenters. The maximum absolute atomic E-state index is 5.99. The summed E-state index contributed by atoms with van der Waals surface area (Å²) in [5, 5.41) is 3.50. The molecule has 21 heavy (non-hydrogen) atoms. The number of rotatable bonds is 7. The summed E-state index contributed by atoms with van der Waals surface area (Å²) in [5.74, 6) is 1.80. The number of aryl methyl sites for hydroxylation is 1. The number of nitrogens with one attached hydrogen (secondary N) is 1. The Balaban J connectivity index is 2.09. The van der Waals surface area contributed by atoms with Crippen molar-refractivity contribution >= 4 is 0 Å². The Morgan fingerprint density at radius 1 is 1.00 bits per heavy atom. The first-order chi connectivity index (χ1) is 10.2. The summed E-state index contributed by atoms with van der Waals surface area (Å²) in [5.41, 5.74) is 2.55. The Morgan fingerprint density at radius 3 is 2.43 bits per heavy atom. The third-order valence-corrected chi connectivity index (χ3v) is 3.60. The van der Waals surface area contributed by atoms with Gasteiger partial charge in [-0.3, -0.25) is 0 Å². The van der Waals surface area contributed by atoms with E-state index < -0.39 is 0 Å². The highest BCUT2D eigenvalue weighted by molar-refractivity contribution is 5.36. The third-order valence-electron chi connectivity index (χ3n) is 3.60. The normalized spacial score (nSPS) is 12.1. The van der Waals surface area contributed by atoms with Crippen molar-refractivity contribution < 1.29 is 4.74 Å². The molecule has 0 heterocycles. The maximum Gasteiger partial charge on any atom is 0.127 e. The van der Waals surface area contributed by atoms with Crippen LogP contribution in [0.1, 0.15) is 44.4 Å². The average molecular weight is 283 g/mol. The van der Waals surface area contributed by atoms with E-state index in [1.165, 1.54) is 11.1 Å². The summed E-state index contributed by atoms with van der Waals surface area (Å²) in [6.07, 6.45) is 2.17. The van der Waals surface area contributed by atoms with E-state index in [0.717, 1.165) is 30.9 Å². The van der Waals surface area contributed by atoms with E-state index in [4.69, 9.17) is 4.74 Å². The molecule has 2 rings (SSSR count). The second kappa shape index (κ2) is 7.84. The van der Waals surface area contributed by atoms with Gasteiger partial charge in [-0.05, 0) is 61.7 Å². The Kier molecular flexibility index (Phi) is 5.82. The smallest absolute Gasteiger partial charge is 0.127 e. The Morgan fingerprint density at radius 2 is 1.71 bits per heavy atom. The first-order valence-electron chi connectivity index (χ1n) is 7.83. The molecule has 0 saturated carbocycles. The fraction of sp³-hybridized carbons (Fsp3) is 0.368. The van der Waals surface area contributed by atoms with Crippen molar-refractivity contribution in [3.63, 3.8) is 0 Å². The molecular formula is C19H25NO. The van der Waals surface area contributed by atoms with Crippen LogP contribution in [0.5, 0.6) is 11.5 Å². The van der Waals surface area contributed by atoms with E-state index in [1.807, 2.05) is 18.2 Å². The first-order valence-corrected chi connectivity index (χ1v) is 7.83. The highest BCUT2D eigenvalue weighted by Crippen LogP contribution is 2.25. The van der Waals surface area contributed by atoms with Gasteiger partial charge in [-0.2, -0.15) is 0 Å². The van der Waals surface area contributed by atoms with Gasteiger partial charge >= 0.3 is 0 Å². The molecule has 0 aliphatic heterocycles. The molecule has 0 aromatic heterocycles. The minimum absolute atomic E-state index is 0.343. The van der Waals surface area contributed by atoms with Crippen molar-refractivity contribution in [3.05, 3.63) is 59.7 Å². The van der Waals surface area contributed by atoms with Crippen LogP contribution < -0.4 is 10.1 Å². The summed E-state index contributed by atoms with van der Waals surface area (Å²) in [6.45, 7) is 7.55. The van der Waals surface area contributed by atoms with Crippen LogP contribution in [0, 0.1) is 0 Å². The van der Waals surface area contributed by atoms with Crippen molar-refractivity contribution in [1.82, 2.24) is 5.32 Å². The predicted octanol–water partition coefficient (Wildman–Crippen LogP) is 5.10. The molecular weight excluding hydrogens is 258 g/mol. The second-order valence-corrected chi connectivity index (χ2v) is 5.35. The van der Waals surface area contributed by atoms with Crippen LogP contribution in [-0.4, -0.2) is 6.54 Å². The van der Waals surface area contributed by atoms with E-state index in [1.54, 1.807) is 0 Å². The predicted molar refractivity (Wildman–Crippen MR) is 89.0 cm³/mol.